The van der Waals surface area contributed by atoms with Crippen LogP contribution in [0.15, 0.2) is 10.9 Å². The molecule has 0 aromatic carbocycles. The number of rotatable bonds is 2. The third-order valence-corrected chi connectivity index (χ3v) is 2.12. The zero-order valence-electron chi connectivity index (χ0n) is 8.00. The van der Waals surface area contributed by atoms with E-state index in [1.165, 1.54) is 0 Å². The fourth-order valence-corrected chi connectivity index (χ4v) is 1.54. The maximum absolute atomic E-state index is 11.3. The Morgan fingerprint density at radius 2 is 2.27 bits per heavy atom. The fraction of sp³-hybridized carbons (Fsp3) is 0.222. The van der Waals surface area contributed by atoms with E-state index in [1.807, 2.05) is 0 Å². The highest BCUT2D eigenvalue weighted by Gasteiger charge is 2.09. The summed E-state index contributed by atoms with van der Waals surface area (Å²) >= 11 is 0. The largest absolute Gasteiger partial charge is 0.481 e. The highest BCUT2D eigenvalue weighted by atomic mass is 16.4. The molecule has 2 rings (SSSR count). The van der Waals surface area contributed by atoms with Gasteiger partial charge < -0.3 is 5.11 Å². The van der Waals surface area contributed by atoms with Crippen molar-refractivity contribution in [1.82, 2.24) is 15.2 Å². The molecule has 0 amide bonds. The first-order chi connectivity index (χ1) is 7.08. The Morgan fingerprint density at radius 1 is 1.53 bits per heavy atom. The minimum Gasteiger partial charge on any atom is -0.481 e. The minimum atomic E-state index is -0.945. The predicted molar refractivity (Wildman–Crippen MR) is 52.8 cm³/mol. The van der Waals surface area contributed by atoms with Crippen LogP contribution >= 0.6 is 0 Å². The Kier molecular flexibility index (Phi) is 2.03. The Labute approximate surface area is 83.9 Å². The molecule has 0 fully saturated rings. The Hall–Kier alpha value is -2.11. The van der Waals surface area contributed by atoms with Crippen molar-refractivity contribution in [3.05, 3.63) is 27.7 Å². The van der Waals surface area contributed by atoms with Gasteiger partial charge in [-0.05, 0) is 18.6 Å². The fourth-order valence-electron chi connectivity index (χ4n) is 1.54. The van der Waals surface area contributed by atoms with Crippen LogP contribution < -0.4 is 5.56 Å². The average Bonchev–Trinajstić information content (AvgIpc) is 2.46. The molecule has 2 aromatic heterocycles. The topological polar surface area (TPSA) is 98.8 Å². The number of fused-ring (bicyclic) bond motifs is 1. The second-order valence-electron chi connectivity index (χ2n) is 3.30. The highest BCUT2D eigenvalue weighted by Crippen LogP contribution is 2.11. The van der Waals surface area contributed by atoms with Crippen molar-refractivity contribution in [1.29, 1.82) is 0 Å². The Morgan fingerprint density at radius 3 is 2.93 bits per heavy atom. The molecule has 0 bridgehead atoms. The second kappa shape index (κ2) is 3.23. The van der Waals surface area contributed by atoms with Crippen LogP contribution in [0.5, 0.6) is 0 Å². The summed E-state index contributed by atoms with van der Waals surface area (Å²) in [5, 5.41) is 14.1. The summed E-state index contributed by atoms with van der Waals surface area (Å²) < 4.78 is 0. The lowest BCUT2D eigenvalue weighted by molar-refractivity contribution is -0.136. The van der Waals surface area contributed by atoms with Gasteiger partial charge in [0, 0.05) is 0 Å². The first kappa shape index (κ1) is 9.45. The second-order valence-corrected chi connectivity index (χ2v) is 3.30. The number of nitrogens with one attached hydrogen (secondary N) is 2. The van der Waals surface area contributed by atoms with E-state index in [0.29, 0.717) is 16.7 Å². The lowest BCUT2D eigenvalue weighted by Gasteiger charge is -1.99. The molecule has 15 heavy (non-hydrogen) atoms. The van der Waals surface area contributed by atoms with E-state index in [0.717, 1.165) is 5.56 Å². The van der Waals surface area contributed by atoms with Gasteiger partial charge in [0.05, 0.1) is 17.5 Å². The van der Waals surface area contributed by atoms with Crippen LogP contribution in [0.25, 0.3) is 11.0 Å². The quantitative estimate of drug-likeness (QED) is 0.654. The van der Waals surface area contributed by atoms with Crippen molar-refractivity contribution < 1.29 is 9.90 Å². The smallest absolute Gasteiger partial charge is 0.309 e. The van der Waals surface area contributed by atoms with Crippen molar-refractivity contribution >= 4 is 17.0 Å². The summed E-state index contributed by atoms with van der Waals surface area (Å²) in [7, 11) is 0. The first-order valence-electron chi connectivity index (χ1n) is 4.36. The van der Waals surface area contributed by atoms with Crippen LogP contribution in [0.1, 0.15) is 11.3 Å². The zero-order valence-corrected chi connectivity index (χ0v) is 8.00. The van der Waals surface area contributed by atoms with Gasteiger partial charge in [0.2, 0.25) is 0 Å². The molecule has 0 atom stereocenters. The van der Waals surface area contributed by atoms with Crippen LogP contribution in [0.4, 0.5) is 0 Å². The van der Waals surface area contributed by atoms with Gasteiger partial charge in [0.1, 0.15) is 0 Å². The molecule has 6 heteroatoms. The third kappa shape index (κ3) is 1.61. The maximum atomic E-state index is 11.3. The molecule has 0 radical (unpaired) electrons. The van der Waals surface area contributed by atoms with Crippen LogP contribution in [0.2, 0.25) is 0 Å². The van der Waals surface area contributed by atoms with Gasteiger partial charge in [-0.25, -0.2) is 4.98 Å². The molecule has 0 saturated heterocycles. The van der Waals surface area contributed by atoms with Gasteiger partial charge in [-0.1, -0.05) is 0 Å². The highest BCUT2D eigenvalue weighted by molar-refractivity contribution is 5.79. The molecule has 3 N–H and O–H groups in total. The number of aromatic nitrogens is 3. The summed E-state index contributed by atoms with van der Waals surface area (Å²) in [6, 6.07) is 1.61. The van der Waals surface area contributed by atoms with E-state index in [1.54, 1.807) is 13.0 Å². The number of nitrogens with zero attached hydrogens (tertiary/aromatic N) is 1. The van der Waals surface area contributed by atoms with Crippen molar-refractivity contribution in [3.63, 3.8) is 0 Å². The standard InChI is InChI=1S/C9H9N3O3/c1-4-2-5(3-6(13)14)10-8-7(4)9(15)12-11-8/h2H,3H2,1H3,(H,13,14)(H2,10,11,12,15). The zero-order chi connectivity index (χ0) is 11.0. The monoisotopic (exact) mass is 207 g/mol. The normalized spacial score (nSPS) is 10.7. The van der Waals surface area contributed by atoms with Crippen molar-refractivity contribution in [2.45, 2.75) is 13.3 Å². The molecule has 2 heterocycles. The summed E-state index contributed by atoms with van der Waals surface area (Å²) in [4.78, 5) is 25.8. The molecule has 0 aliphatic heterocycles. The average molecular weight is 207 g/mol. The first-order valence-corrected chi connectivity index (χ1v) is 4.36. The molecule has 78 valence electrons. The number of carboxylic acids is 1. The molecular weight excluding hydrogens is 198 g/mol. The number of H-pyrrole nitrogens is 2. The summed E-state index contributed by atoms with van der Waals surface area (Å²) in [6.07, 6.45) is -0.149. The van der Waals surface area contributed by atoms with Crippen LogP contribution in [-0.4, -0.2) is 26.3 Å². The van der Waals surface area contributed by atoms with Gasteiger partial charge in [-0.15, -0.1) is 0 Å². The number of carbonyl (C=O) groups is 1. The van der Waals surface area contributed by atoms with Gasteiger partial charge in [0.15, 0.2) is 5.65 Å². The number of aryl methyl sites for hydroxylation is 1. The van der Waals surface area contributed by atoms with Crippen LogP contribution in [0, 0.1) is 6.92 Å². The van der Waals surface area contributed by atoms with Gasteiger partial charge in [-0.2, -0.15) is 0 Å². The Bertz CT molecular complexity index is 582. The molecule has 0 aliphatic carbocycles. The van der Waals surface area contributed by atoms with E-state index in [-0.39, 0.29) is 12.0 Å². The number of hydrogen-bond acceptors (Lipinski definition) is 3. The van der Waals surface area contributed by atoms with E-state index in [2.05, 4.69) is 15.2 Å². The van der Waals surface area contributed by atoms with Gasteiger partial charge in [-0.3, -0.25) is 19.8 Å². The SMILES string of the molecule is Cc1cc(CC(=O)O)nc2[nH][nH]c(=O)c12. The molecule has 0 saturated carbocycles. The van der Waals surface area contributed by atoms with E-state index < -0.39 is 5.97 Å². The van der Waals surface area contributed by atoms with Crippen molar-refractivity contribution in [2.24, 2.45) is 0 Å². The summed E-state index contributed by atoms with van der Waals surface area (Å²) in [5.41, 5.74) is 1.31. The maximum Gasteiger partial charge on any atom is 0.309 e. The third-order valence-electron chi connectivity index (χ3n) is 2.12. The number of carboxylic acid groups (broad SMARTS) is 1. The lowest BCUT2D eigenvalue weighted by atomic mass is 10.1. The molecule has 0 aliphatic rings. The van der Waals surface area contributed by atoms with E-state index >= 15 is 0 Å². The molecule has 6 nitrogen and oxygen atoms in total. The lowest BCUT2D eigenvalue weighted by Crippen LogP contribution is -2.04. The number of hydrogen-bond donors (Lipinski definition) is 3. The van der Waals surface area contributed by atoms with Gasteiger partial charge >= 0.3 is 5.97 Å². The number of aromatic amines is 2. The number of pyridine rings is 1. The van der Waals surface area contributed by atoms with Crippen molar-refractivity contribution in [2.75, 3.05) is 0 Å². The van der Waals surface area contributed by atoms with E-state index in [4.69, 9.17) is 5.11 Å². The number of aliphatic carboxylic acids is 1. The molecule has 0 unspecified atom stereocenters. The molecule has 2 aromatic rings. The van der Waals surface area contributed by atoms with Crippen LogP contribution in [0.3, 0.4) is 0 Å². The summed E-state index contributed by atoms with van der Waals surface area (Å²) in [5.74, 6) is -0.945. The predicted octanol–water partition coefficient (Wildman–Crippen LogP) is 0.187. The summed E-state index contributed by atoms with van der Waals surface area (Å²) in [6.45, 7) is 1.75. The van der Waals surface area contributed by atoms with Crippen LogP contribution in [-0.2, 0) is 11.2 Å². The minimum absolute atomic E-state index is 0.149. The molecular formula is C9H9N3O3. The molecule has 0 spiro atoms. The van der Waals surface area contributed by atoms with E-state index in [9.17, 15) is 9.59 Å². The Balaban J connectivity index is 2.63. The van der Waals surface area contributed by atoms with Gasteiger partial charge in [0.25, 0.3) is 5.56 Å². The van der Waals surface area contributed by atoms with Crippen molar-refractivity contribution in [3.8, 4) is 0 Å².